The van der Waals surface area contributed by atoms with Crippen LogP contribution < -0.4 is 4.74 Å². The quantitative estimate of drug-likeness (QED) is 0.458. The predicted molar refractivity (Wildman–Crippen MR) is 78.1 cm³/mol. The lowest BCUT2D eigenvalue weighted by Crippen LogP contribution is -2.09. The van der Waals surface area contributed by atoms with Crippen molar-refractivity contribution in [1.29, 1.82) is 0 Å². The minimum absolute atomic E-state index is 0.172. The first kappa shape index (κ1) is 17.2. The summed E-state index contributed by atoms with van der Waals surface area (Å²) < 4.78 is 21.2. The van der Waals surface area contributed by atoms with Gasteiger partial charge in [-0.15, -0.1) is 0 Å². The third kappa shape index (κ3) is 5.25. The molecule has 0 saturated heterocycles. The molecule has 114 valence electrons. The number of para-hydroxylation sites is 1. The molecule has 0 aliphatic rings. The van der Waals surface area contributed by atoms with Gasteiger partial charge in [-0.2, -0.15) is 0 Å². The van der Waals surface area contributed by atoms with Crippen molar-refractivity contribution in [2.45, 2.75) is 39.5 Å². The van der Waals surface area contributed by atoms with Crippen molar-refractivity contribution < 1.29 is 23.8 Å². The summed E-state index contributed by atoms with van der Waals surface area (Å²) in [6, 6.07) is 5.98. The summed E-state index contributed by atoms with van der Waals surface area (Å²) in [6.07, 6.45) is -0.631. The van der Waals surface area contributed by atoms with Gasteiger partial charge in [0.2, 0.25) is 0 Å². The van der Waals surface area contributed by atoms with Crippen LogP contribution in [0.5, 0.6) is 5.75 Å². The molecule has 1 aromatic carbocycles. The molecule has 1 aromatic rings. The molecule has 0 unspecified atom stereocenters. The highest BCUT2D eigenvalue weighted by molar-refractivity contribution is 7.51. The SMILES string of the molecule is CC(C)c1cccc(C(C)C)c1OCOCP(=O)(O)O. The Kier molecular flexibility index (Phi) is 6.21. The predicted octanol–water partition coefficient (Wildman–Crippen LogP) is 3.42. The van der Waals surface area contributed by atoms with Crippen LogP contribution in [0.15, 0.2) is 18.2 Å². The topological polar surface area (TPSA) is 76.0 Å². The molecule has 0 radical (unpaired) electrons. The molecule has 5 nitrogen and oxygen atoms in total. The molecule has 0 fully saturated rings. The van der Waals surface area contributed by atoms with Gasteiger partial charge >= 0.3 is 7.60 Å². The van der Waals surface area contributed by atoms with Crippen molar-refractivity contribution in [3.8, 4) is 5.75 Å². The second kappa shape index (κ2) is 7.23. The summed E-state index contributed by atoms with van der Waals surface area (Å²) in [5.41, 5.74) is 2.13. The van der Waals surface area contributed by atoms with E-state index in [9.17, 15) is 4.57 Å². The monoisotopic (exact) mass is 302 g/mol. The van der Waals surface area contributed by atoms with Crippen LogP contribution in [0.1, 0.15) is 50.7 Å². The zero-order valence-electron chi connectivity index (χ0n) is 12.4. The number of ether oxygens (including phenoxy) is 2. The van der Waals surface area contributed by atoms with E-state index >= 15 is 0 Å². The number of hydrogen-bond donors (Lipinski definition) is 2. The third-order valence-electron chi connectivity index (χ3n) is 2.87. The van der Waals surface area contributed by atoms with Crippen molar-refractivity contribution in [2.24, 2.45) is 0 Å². The summed E-state index contributed by atoms with van der Waals surface area (Å²) in [7, 11) is -4.15. The molecular weight excluding hydrogens is 279 g/mol. The van der Waals surface area contributed by atoms with Gasteiger partial charge in [-0.3, -0.25) is 4.57 Å². The van der Waals surface area contributed by atoms with Gasteiger partial charge in [0.1, 0.15) is 5.75 Å². The molecule has 0 atom stereocenters. The average Bonchev–Trinajstić information content (AvgIpc) is 2.32. The van der Waals surface area contributed by atoms with E-state index in [-0.39, 0.29) is 6.79 Å². The van der Waals surface area contributed by atoms with Gasteiger partial charge in [-0.05, 0) is 23.0 Å². The van der Waals surface area contributed by atoms with Gasteiger partial charge in [0.25, 0.3) is 0 Å². The van der Waals surface area contributed by atoms with Crippen LogP contribution in [-0.2, 0) is 9.30 Å². The Morgan fingerprint density at radius 1 is 1.10 bits per heavy atom. The van der Waals surface area contributed by atoms with E-state index in [2.05, 4.69) is 27.7 Å². The zero-order chi connectivity index (χ0) is 15.3. The number of benzene rings is 1. The second-order valence-electron chi connectivity index (χ2n) is 5.34. The highest BCUT2D eigenvalue weighted by Crippen LogP contribution is 2.36. The number of hydrogen-bond acceptors (Lipinski definition) is 3. The van der Waals surface area contributed by atoms with Crippen LogP contribution in [0.4, 0.5) is 0 Å². The molecule has 0 bridgehead atoms. The van der Waals surface area contributed by atoms with E-state index < -0.39 is 13.9 Å². The molecule has 20 heavy (non-hydrogen) atoms. The van der Waals surface area contributed by atoms with Gasteiger partial charge in [0.15, 0.2) is 13.1 Å². The van der Waals surface area contributed by atoms with Crippen molar-refractivity contribution in [3.05, 3.63) is 29.3 Å². The minimum atomic E-state index is -4.15. The smallest absolute Gasteiger partial charge is 0.351 e. The molecule has 1 rings (SSSR count). The van der Waals surface area contributed by atoms with Gasteiger partial charge in [0, 0.05) is 0 Å². The lowest BCUT2D eigenvalue weighted by molar-refractivity contribution is 0.0308. The maximum absolute atomic E-state index is 10.7. The second-order valence-corrected chi connectivity index (χ2v) is 6.92. The Hall–Kier alpha value is -0.870. The fraction of sp³-hybridized carbons (Fsp3) is 0.571. The largest absolute Gasteiger partial charge is 0.467 e. The van der Waals surface area contributed by atoms with Crippen LogP contribution in [0, 0.1) is 0 Å². The standard InChI is InChI=1S/C14H23O5P/c1-10(2)12-6-5-7-13(11(3)4)14(12)19-8-18-9-20(15,16)17/h5-7,10-11H,8-9H2,1-4H3,(H2,15,16,17). The Bertz CT molecular complexity index is 452. The first-order chi connectivity index (χ1) is 9.22. The van der Waals surface area contributed by atoms with Gasteiger partial charge in [-0.25, -0.2) is 0 Å². The molecule has 0 aromatic heterocycles. The molecule has 0 aliphatic heterocycles. The third-order valence-corrected chi connectivity index (χ3v) is 3.38. The van der Waals surface area contributed by atoms with Gasteiger partial charge < -0.3 is 19.3 Å². The first-order valence-electron chi connectivity index (χ1n) is 6.60. The van der Waals surface area contributed by atoms with Crippen LogP contribution in [0.2, 0.25) is 0 Å². The maximum atomic E-state index is 10.7. The Morgan fingerprint density at radius 2 is 1.60 bits per heavy atom. The molecular formula is C14H23O5P. The van der Waals surface area contributed by atoms with E-state index in [1.165, 1.54) is 0 Å². The summed E-state index contributed by atoms with van der Waals surface area (Å²) in [5.74, 6) is 1.35. The van der Waals surface area contributed by atoms with Crippen molar-refractivity contribution in [3.63, 3.8) is 0 Å². The Balaban J connectivity index is 2.83. The van der Waals surface area contributed by atoms with Crippen LogP contribution in [-0.4, -0.2) is 22.9 Å². The van der Waals surface area contributed by atoms with Crippen molar-refractivity contribution >= 4 is 7.60 Å². The highest BCUT2D eigenvalue weighted by atomic mass is 31.2. The molecule has 0 amide bonds. The van der Waals surface area contributed by atoms with Crippen molar-refractivity contribution in [2.75, 3.05) is 13.1 Å². The van der Waals surface area contributed by atoms with E-state index in [0.717, 1.165) is 16.9 Å². The molecule has 6 heteroatoms. The summed E-state index contributed by atoms with van der Waals surface area (Å²) >= 11 is 0. The fourth-order valence-corrected chi connectivity index (χ4v) is 2.22. The fourth-order valence-electron chi connectivity index (χ4n) is 1.91. The lowest BCUT2D eigenvalue weighted by atomic mass is 9.94. The van der Waals surface area contributed by atoms with E-state index in [4.69, 9.17) is 19.3 Å². The molecule has 0 heterocycles. The lowest BCUT2D eigenvalue weighted by Gasteiger charge is -2.19. The number of rotatable bonds is 7. The average molecular weight is 302 g/mol. The molecule has 0 spiro atoms. The normalized spacial score (nSPS) is 12.2. The van der Waals surface area contributed by atoms with Crippen molar-refractivity contribution in [1.82, 2.24) is 0 Å². The van der Waals surface area contributed by atoms with E-state index in [0.29, 0.717) is 11.8 Å². The Morgan fingerprint density at radius 3 is 2.00 bits per heavy atom. The molecule has 0 saturated carbocycles. The first-order valence-corrected chi connectivity index (χ1v) is 8.40. The molecule has 2 N–H and O–H groups in total. The summed E-state index contributed by atoms with van der Waals surface area (Å²) in [6.45, 7) is 8.12. The molecule has 0 aliphatic carbocycles. The van der Waals surface area contributed by atoms with Crippen LogP contribution in [0.25, 0.3) is 0 Å². The van der Waals surface area contributed by atoms with E-state index in [1.54, 1.807) is 0 Å². The summed E-state index contributed by atoms with van der Waals surface area (Å²) in [5, 5.41) is 0. The highest BCUT2D eigenvalue weighted by Gasteiger charge is 2.16. The van der Waals surface area contributed by atoms with Gasteiger partial charge in [0.05, 0.1) is 0 Å². The Labute approximate surface area is 120 Å². The zero-order valence-corrected chi connectivity index (χ0v) is 13.3. The minimum Gasteiger partial charge on any atom is -0.467 e. The van der Waals surface area contributed by atoms with Crippen LogP contribution in [0.3, 0.4) is 0 Å². The summed E-state index contributed by atoms with van der Waals surface area (Å²) in [4.78, 5) is 17.5. The van der Waals surface area contributed by atoms with Gasteiger partial charge in [-0.1, -0.05) is 45.9 Å². The maximum Gasteiger partial charge on any atom is 0.351 e. The van der Waals surface area contributed by atoms with Crippen LogP contribution >= 0.6 is 7.60 Å². The van der Waals surface area contributed by atoms with E-state index in [1.807, 2.05) is 18.2 Å².